The van der Waals surface area contributed by atoms with Gasteiger partial charge in [0.2, 0.25) is 5.91 Å². The summed E-state index contributed by atoms with van der Waals surface area (Å²) in [6, 6.07) is 5.57. The molecule has 1 aromatic carbocycles. The van der Waals surface area contributed by atoms with Crippen molar-refractivity contribution in [1.29, 1.82) is 5.26 Å². The third-order valence-corrected chi connectivity index (χ3v) is 7.78. The molecular formula is C29H35F4N7O2. The van der Waals surface area contributed by atoms with E-state index in [1.54, 1.807) is 11.0 Å². The first-order chi connectivity index (χ1) is 20.1. The first-order valence-corrected chi connectivity index (χ1v) is 13.9. The summed E-state index contributed by atoms with van der Waals surface area (Å²) in [5, 5.41) is 7.32. The number of amides is 1. The second-order valence-corrected chi connectivity index (χ2v) is 10.4. The highest BCUT2D eigenvalue weighted by molar-refractivity contribution is 5.87. The minimum absolute atomic E-state index is 0.0615. The van der Waals surface area contributed by atoms with E-state index < -0.39 is 17.6 Å². The molecule has 42 heavy (non-hydrogen) atoms. The molecular weight excluding hydrogens is 554 g/mol. The molecule has 4 heterocycles. The van der Waals surface area contributed by atoms with Crippen molar-refractivity contribution in [2.24, 2.45) is 0 Å². The van der Waals surface area contributed by atoms with Crippen molar-refractivity contribution < 1.29 is 27.1 Å². The number of anilines is 2. The number of nitrogens with zero attached hydrogens (tertiary/aromatic N) is 7. The summed E-state index contributed by atoms with van der Waals surface area (Å²) in [5.41, 5.74) is -0.0838. The Hall–Kier alpha value is -3.92. The van der Waals surface area contributed by atoms with E-state index in [0.717, 1.165) is 31.0 Å². The van der Waals surface area contributed by atoms with Gasteiger partial charge in [-0.3, -0.25) is 4.79 Å². The number of benzene rings is 1. The molecule has 0 bridgehead atoms. The van der Waals surface area contributed by atoms with Gasteiger partial charge in [0.1, 0.15) is 23.8 Å². The van der Waals surface area contributed by atoms with Crippen molar-refractivity contribution >= 4 is 17.4 Å². The minimum Gasteiger partial charge on any atom is -0.462 e. The SMILES string of the molecule is C=CC(=O)N1CCN(c2nc(OCC3CCCN3C)nc3c2CCN(c2cccc(F)c2C(F)(F)F)C3)CC1.CC#N. The summed E-state index contributed by atoms with van der Waals surface area (Å²) < 4.78 is 61.7. The Balaban J connectivity index is 0.00000129. The summed E-state index contributed by atoms with van der Waals surface area (Å²) in [6.45, 7) is 8.77. The Labute approximate surface area is 243 Å². The molecule has 3 aliphatic rings. The van der Waals surface area contributed by atoms with Gasteiger partial charge in [-0.05, 0) is 51.1 Å². The van der Waals surface area contributed by atoms with Gasteiger partial charge in [-0.25, -0.2) is 4.39 Å². The number of hydrogen-bond acceptors (Lipinski definition) is 8. The molecule has 0 aliphatic carbocycles. The molecule has 0 N–H and O–H groups in total. The summed E-state index contributed by atoms with van der Waals surface area (Å²) in [7, 11) is 2.04. The molecule has 3 aliphatic heterocycles. The number of hydrogen-bond donors (Lipinski definition) is 0. The number of fused-ring (bicyclic) bond motifs is 1. The molecule has 2 fully saturated rings. The predicted octanol–water partition coefficient (Wildman–Crippen LogP) is 4.03. The van der Waals surface area contributed by atoms with E-state index >= 15 is 0 Å². The van der Waals surface area contributed by atoms with Crippen molar-refractivity contribution in [3.63, 3.8) is 0 Å². The Bertz CT molecular complexity index is 1320. The van der Waals surface area contributed by atoms with Gasteiger partial charge >= 0.3 is 12.2 Å². The zero-order valence-corrected chi connectivity index (χ0v) is 23.8. The highest BCUT2D eigenvalue weighted by Gasteiger charge is 2.39. The number of carbonyl (C=O) groups is 1. The summed E-state index contributed by atoms with van der Waals surface area (Å²) in [4.78, 5) is 29.0. The van der Waals surface area contributed by atoms with E-state index in [9.17, 15) is 22.4 Å². The fraction of sp³-hybridized carbons (Fsp3) is 0.517. The van der Waals surface area contributed by atoms with Crippen molar-refractivity contribution in [3.05, 3.63) is 53.5 Å². The fourth-order valence-electron chi connectivity index (χ4n) is 5.61. The van der Waals surface area contributed by atoms with Crippen molar-refractivity contribution in [2.45, 2.75) is 44.9 Å². The van der Waals surface area contributed by atoms with Crippen molar-refractivity contribution in [1.82, 2.24) is 19.8 Å². The number of ether oxygens (including phenoxy) is 1. The Morgan fingerprint density at radius 2 is 1.88 bits per heavy atom. The third kappa shape index (κ3) is 6.92. The Morgan fingerprint density at radius 1 is 1.17 bits per heavy atom. The maximum absolute atomic E-state index is 14.3. The standard InChI is InChI=1S/C27H32F4N6O2.C2H3N/c1-3-23(38)35-12-14-36(15-13-35)25-19-9-11-37(22-8-4-7-20(28)24(22)27(29,30)31)16-21(19)32-26(33-25)39-17-18-6-5-10-34(18)2;1-2-3/h3-4,7-8,18H,1,5-6,9-17H2,2H3;1H3. The number of aromatic nitrogens is 2. The van der Waals surface area contributed by atoms with Crippen LogP contribution in [0.2, 0.25) is 0 Å². The summed E-state index contributed by atoms with van der Waals surface area (Å²) in [5.74, 6) is -0.753. The number of halogens is 4. The number of piperazine rings is 1. The van der Waals surface area contributed by atoms with Gasteiger partial charge in [-0.15, -0.1) is 0 Å². The Morgan fingerprint density at radius 3 is 2.50 bits per heavy atom. The van der Waals surface area contributed by atoms with E-state index in [1.165, 1.54) is 30.0 Å². The van der Waals surface area contributed by atoms with E-state index in [4.69, 9.17) is 15.0 Å². The van der Waals surface area contributed by atoms with Crippen LogP contribution >= 0.6 is 0 Å². The van der Waals surface area contributed by atoms with Gasteiger partial charge in [-0.2, -0.15) is 28.4 Å². The average Bonchev–Trinajstić information content (AvgIpc) is 3.39. The van der Waals surface area contributed by atoms with Gasteiger partial charge < -0.3 is 24.3 Å². The van der Waals surface area contributed by atoms with Crippen LogP contribution in [0.1, 0.15) is 36.6 Å². The first-order valence-electron chi connectivity index (χ1n) is 13.9. The number of rotatable bonds is 6. The number of likely N-dealkylation sites (N-methyl/N-ethyl adjacent to an activating group) is 1. The van der Waals surface area contributed by atoms with Crippen molar-refractivity contribution in [3.8, 4) is 12.1 Å². The van der Waals surface area contributed by atoms with Gasteiger partial charge in [0.25, 0.3) is 0 Å². The lowest BCUT2D eigenvalue weighted by Gasteiger charge is -2.38. The van der Waals surface area contributed by atoms with Crippen LogP contribution in [0.25, 0.3) is 0 Å². The number of alkyl halides is 3. The largest absolute Gasteiger partial charge is 0.462 e. The lowest BCUT2D eigenvalue weighted by Crippen LogP contribution is -2.49. The van der Waals surface area contributed by atoms with E-state index in [2.05, 4.69) is 21.4 Å². The molecule has 13 heteroatoms. The molecule has 9 nitrogen and oxygen atoms in total. The molecule has 2 saturated heterocycles. The number of carbonyl (C=O) groups excluding carboxylic acids is 1. The predicted molar refractivity (Wildman–Crippen MR) is 150 cm³/mol. The molecule has 1 unspecified atom stereocenters. The van der Waals surface area contributed by atoms with Gasteiger partial charge in [-0.1, -0.05) is 12.6 Å². The maximum Gasteiger partial charge on any atom is 0.421 e. The minimum atomic E-state index is -4.83. The van der Waals surface area contributed by atoms with Crippen LogP contribution in [0.5, 0.6) is 6.01 Å². The molecule has 2 aromatic rings. The zero-order chi connectivity index (χ0) is 30.4. The second kappa shape index (κ2) is 13.4. The zero-order valence-electron chi connectivity index (χ0n) is 23.8. The van der Waals surface area contributed by atoms with Crippen LogP contribution < -0.4 is 14.5 Å². The third-order valence-electron chi connectivity index (χ3n) is 7.78. The van der Waals surface area contributed by atoms with Crippen LogP contribution in [-0.4, -0.2) is 84.6 Å². The number of likely N-dealkylation sites (tertiary alicyclic amines) is 1. The topological polar surface area (TPSA) is 88.8 Å². The molecule has 0 spiro atoms. The van der Waals surface area contributed by atoms with Crippen molar-refractivity contribution in [2.75, 3.05) is 62.7 Å². The first kappa shape index (κ1) is 31.0. The van der Waals surface area contributed by atoms with E-state index in [-0.39, 0.29) is 36.7 Å². The second-order valence-electron chi connectivity index (χ2n) is 10.4. The molecule has 1 atom stereocenters. The van der Waals surface area contributed by atoms with Gasteiger partial charge in [0.05, 0.1) is 24.0 Å². The molecule has 0 radical (unpaired) electrons. The average molecular weight is 590 g/mol. The van der Waals surface area contributed by atoms with Crippen LogP contribution in [0.4, 0.5) is 29.1 Å². The lowest BCUT2D eigenvalue weighted by atomic mass is 10.0. The molecule has 5 rings (SSSR count). The summed E-state index contributed by atoms with van der Waals surface area (Å²) in [6.07, 6.45) is -1.07. The van der Waals surface area contributed by atoms with Crippen LogP contribution in [0, 0.1) is 17.1 Å². The van der Waals surface area contributed by atoms with Gasteiger partial charge in [0, 0.05) is 51.3 Å². The Kier molecular flexibility index (Phi) is 9.88. The molecule has 0 saturated carbocycles. The molecule has 226 valence electrons. The number of nitriles is 1. The maximum atomic E-state index is 14.3. The van der Waals surface area contributed by atoms with Gasteiger partial charge in [0.15, 0.2) is 0 Å². The molecule has 1 aromatic heterocycles. The normalized spacial score (nSPS) is 19.0. The van der Waals surface area contributed by atoms with Crippen LogP contribution in [-0.2, 0) is 23.9 Å². The quantitative estimate of drug-likeness (QED) is 0.369. The highest BCUT2D eigenvalue weighted by Crippen LogP contribution is 2.40. The fourth-order valence-corrected chi connectivity index (χ4v) is 5.61. The summed E-state index contributed by atoms with van der Waals surface area (Å²) >= 11 is 0. The monoisotopic (exact) mass is 589 g/mol. The molecule has 1 amide bonds. The smallest absolute Gasteiger partial charge is 0.421 e. The van der Waals surface area contributed by atoms with E-state index in [1.807, 2.05) is 7.05 Å². The van der Waals surface area contributed by atoms with E-state index in [0.29, 0.717) is 50.7 Å². The van der Waals surface area contributed by atoms with Crippen LogP contribution in [0.3, 0.4) is 0 Å². The highest BCUT2D eigenvalue weighted by atomic mass is 19.4. The lowest BCUT2D eigenvalue weighted by molar-refractivity contribution is -0.139. The van der Waals surface area contributed by atoms with Crippen LogP contribution in [0.15, 0.2) is 30.9 Å².